The van der Waals surface area contributed by atoms with E-state index in [2.05, 4.69) is 0 Å². The van der Waals surface area contributed by atoms with Crippen LogP contribution >= 0.6 is 0 Å². The number of amides is 2. The third-order valence-corrected chi connectivity index (χ3v) is 4.29. The summed E-state index contributed by atoms with van der Waals surface area (Å²) in [4.78, 5) is 28.5. The van der Waals surface area contributed by atoms with Crippen molar-refractivity contribution in [3.8, 4) is 0 Å². The van der Waals surface area contributed by atoms with Crippen molar-refractivity contribution in [3.05, 3.63) is 35.6 Å². The average molecular weight is 334 g/mol. The van der Waals surface area contributed by atoms with Crippen LogP contribution in [0.5, 0.6) is 0 Å². The summed E-state index contributed by atoms with van der Waals surface area (Å²) < 4.78 is 13.2. The first-order chi connectivity index (χ1) is 11.3. The van der Waals surface area contributed by atoms with Crippen LogP contribution in [-0.2, 0) is 16.0 Å². The fraction of sp³-hybridized carbons (Fsp3) is 0.579. The van der Waals surface area contributed by atoms with Gasteiger partial charge in [-0.2, -0.15) is 0 Å². The molecule has 5 heteroatoms. The van der Waals surface area contributed by atoms with Crippen LogP contribution in [0.3, 0.4) is 0 Å². The van der Waals surface area contributed by atoms with E-state index in [0.29, 0.717) is 39.0 Å². The topological polar surface area (TPSA) is 40.6 Å². The predicted molar refractivity (Wildman–Crippen MR) is 92.0 cm³/mol. The van der Waals surface area contributed by atoms with Gasteiger partial charge < -0.3 is 9.80 Å². The fourth-order valence-electron chi connectivity index (χ4n) is 2.95. The second-order valence-electron chi connectivity index (χ2n) is 7.41. The van der Waals surface area contributed by atoms with E-state index in [9.17, 15) is 14.0 Å². The van der Waals surface area contributed by atoms with Crippen molar-refractivity contribution < 1.29 is 14.0 Å². The minimum atomic E-state index is -0.392. The molecule has 24 heavy (non-hydrogen) atoms. The summed E-state index contributed by atoms with van der Waals surface area (Å²) in [5.74, 6) is -0.0630. The summed E-state index contributed by atoms with van der Waals surface area (Å²) in [6.07, 6.45) is 1.71. The highest BCUT2D eigenvalue weighted by Crippen LogP contribution is 2.19. The molecule has 1 aliphatic rings. The van der Waals surface area contributed by atoms with Crippen molar-refractivity contribution in [2.24, 2.45) is 5.41 Å². The van der Waals surface area contributed by atoms with Gasteiger partial charge in [-0.05, 0) is 30.5 Å². The Morgan fingerprint density at radius 2 is 1.75 bits per heavy atom. The van der Waals surface area contributed by atoms with E-state index in [4.69, 9.17) is 0 Å². The summed E-state index contributed by atoms with van der Waals surface area (Å²) in [7, 11) is 0. The second-order valence-corrected chi connectivity index (χ2v) is 7.41. The minimum absolute atomic E-state index is 0.0734. The number of carbonyl (C=O) groups excluding carboxylic acids is 2. The van der Waals surface area contributed by atoms with E-state index in [1.807, 2.05) is 36.6 Å². The highest BCUT2D eigenvalue weighted by molar-refractivity contribution is 5.82. The van der Waals surface area contributed by atoms with Crippen molar-refractivity contribution in [1.82, 2.24) is 9.80 Å². The zero-order valence-corrected chi connectivity index (χ0v) is 14.8. The van der Waals surface area contributed by atoms with Crippen LogP contribution in [-0.4, -0.2) is 47.8 Å². The SMILES string of the molecule is CC(C)(C)C(=O)N1CCCN(C(=O)CCc2cccc(F)c2)CC1. The van der Waals surface area contributed by atoms with Gasteiger partial charge in [0, 0.05) is 38.0 Å². The Bertz CT molecular complexity index is 595. The summed E-state index contributed by atoms with van der Waals surface area (Å²) >= 11 is 0. The first-order valence-electron chi connectivity index (χ1n) is 8.59. The zero-order valence-electron chi connectivity index (χ0n) is 14.8. The largest absolute Gasteiger partial charge is 0.341 e. The monoisotopic (exact) mass is 334 g/mol. The lowest BCUT2D eigenvalue weighted by atomic mass is 9.94. The number of benzene rings is 1. The van der Waals surface area contributed by atoms with Crippen molar-refractivity contribution in [3.63, 3.8) is 0 Å². The second kappa shape index (κ2) is 7.77. The molecule has 0 atom stereocenters. The van der Waals surface area contributed by atoms with Crippen LogP contribution < -0.4 is 0 Å². The van der Waals surface area contributed by atoms with Gasteiger partial charge in [0.1, 0.15) is 5.82 Å². The summed E-state index contributed by atoms with van der Waals surface area (Å²) in [5.41, 5.74) is 0.444. The van der Waals surface area contributed by atoms with Gasteiger partial charge in [0.25, 0.3) is 0 Å². The van der Waals surface area contributed by atoms with E-state index in [0.717, 1.165) is 12.0 Å². The molecule has 0 saturated carbocycles. The molecular weight excluding hydrogens is 307 g/mol. The maximum absolute atomic E-state index is 13.2. The number of halogens is 1. The maximum atomic E-state index is 13.2. The van der Waals surface area contributed by atoms with Crippen LogP contribution in [0.15, 0.2) is 24.3 Å². The predicted octanol–water partition coefficient (Wildman–Crippen LogP) is 2.87. The Morgan fingerprint density at radius 3 is 2.42 bits per heavy atom. The van der Waals surface area contributed by atoms with E-state index in [1.54, 1.807) is 6.07 Å². The van der Waals surface area contributed by atoms with Crippen LogP contribution in [0.25, 0.3) is 0 Å². The number of aryl methyl sites for hydroxylation is 1. The molecule has 1 heterocycles. The van der Waals surface area contributed by atoms with Gasteiger partial charge in [0.2, 0.25) is 11.8 Å². The van der Waals surface area contributed by atoms with Gasteiger partial charge in [-0.25, -0.2) is 4.39 Å². The van der Waals surface area contributed by atoms with Crippen molar-refractivity contribution in [2.45, 2.75) is 40.0 Å². The third kappa shape index (κ3) is 5.05. The van der Waals surface area contributed by atoms with Crippen molar-refractivity contribution >= 4 is 11.8 Å². The summed E-state index contributed by atoms with van der Waals surface area (Å²) in [5, 5.41) is 0. The normalized spacial score (nSPS) is 16.0. The van der Waals surface area contributed by atoms with Crippen LogP contribution in [0.1, 0.15) is 39.2 Å². The lowest BCUT2D eigenvalue weighted by Crippen LogP contribution is -2.42. The number of hydrogen-bond donors (Lipinski definition) is 0. The smallest absolute Gasteiger partial charge is 0.228 e. The molecule has 0 radical (unpaired) electrons. The van der Waals surface area contributed by atoms with Crippen LogP contribution in [0, 0.1) is 11.2 Å². The Morgan fingerprint density at radius 1 is 1.08 bits per heavy atom. The van der Waals surface area contributed by atoms with E-state index in [1.165, 1.54) is 12.1 Å². The molecule has 0 spiro atoms. The quantitative estimate of drug-likeness (QED) is 0.853. The lowest BCUT2D eigenvalue weighted by Gasteiger charge is -2.28. The average Bonchev–Trinajstić information content (AvgIpc) is 2.77. The highest BCUT2D eigenvalue weighted by Gasteiger charge is 2.29. The molecule has 132 valence electrons. The van der Waals surface area contributed by atoms with Crippen molar-refractivity contribution in [2.75, 3.05) is 26.2 Å². The van der Waals surface area contributed by atoms with Gasteiger partial charge in [0.15, 0.2) is 0 Å². The number of carbonyl (C=O) groups is 2. The molecule has 0 bridgehead atoms. The minimum Gasteiger partial charge on any atom is -0.341 e. The lowest BCUT2D eigenvalue weighted by molar-refractivity contribution is -0.139. The Balaban J connectivity index is 1.86. The van der Waals surface area contributed by atoms with Crippen LogP contribution in [0.2, 0.25) is 0 Å². The molecule has 2 rings (SSSR count). The molecule has 0 aromatic heterocycles. The Labute approximate surface area is 143 Å². The van der Waals surface area contributed by atoms with E-state index >= 15 is 0 Å². The Hall–Kier alpha value is -1.91. The molecule has 1 saturated heterocycles. The molecule has 0 N–H and O–H groups in total. The number of nitrogens with zero attached hydrogens (tertiary/aromatic N) is 2. The zero-order chi connectivity index (χ0) is 17.7. The van der Waals surface area contributed by atoms with E-state index in [-0.39, 0.29) is 17.6 Å². The number of hydrogen-bond acceptors (Lipinski definition) is 2. The van der Waals surface area contributed by atoms with E-state index < -0.39 is 5.41 Å². The summed E-state index contributed by atoms with van der Waals surface area (Å²) in [6, 6.07) is 6.37. The highest BCUT2D eigenvalue weighted by atomic mass is 19.1. The molecular formula is C19H27FN2O2. The fourth-order valence-corrected chi connectivity index (χ4v) is 2.95. The molecule has 1 aromatic rings. The van der Waals surface area contributed by atoms with Gasteiger partial charge in [0.05, 0.1) is 0 Å². The van der Waals surface area contributed by atoms with Gasteiger partial charge in [-0.3, -0.25) is 9.59 Å². The van der Waals surface area contributed by atoms with Crippen LogP contribution in [0.4, 0.5) is 4.39 Å². The molecule has 0 aliphatic carbocycles. The molecule has 1 fully saturated rings. The molecule has 2 amide bonds. The maximum Gasteiger partial charge on any atom is 0.228 e. The van der Waals surface area contributed by atoms with Gasteiger partial charge >= 0.3 is 0 Å². The summed E-state index contributed by atoms with van der Waals surface area (Å²) in [6.45, 7) is 8.29. The molecule has 1 aliphatic heterocycles. The number of rotatable bonds is 3. The molecule has 0 unspecified atom stereocenters. The first-order valence-corrected chi connectivity index (χ1v) is 8.59. The van der Waals surface area contributed by atoms with Crippen molar-refractivity contribution in [1.29, 1.82) is 0 Å². The third-order valence-electron chi connectivity index (χ3n) is 4.29. The first kappa shape index (κ1) is 18.4. The molecule has 1 aromatic carbocycles. The molecule has 4 nitrogen and oxygen atoms in total. The van der Waals surface area contributed by atoms with Gasteiger partial charge in [-0.1, -0.05) is 32.9 Å². The van der Waals surface area contributed by atoms with Gasteiger partial charge in [-0.15, -0.1) is 0 Å². The standard InChI is InChI=1S/C19H27FN2O2/c1-19(2,3)18(24)22-11-5-10-21(12-13-22)17(23)9-8-15-6-4-7-16(20)14-15/h4,6-7,14H,5,8-13H2,1-3H3. The Kier molecular flexibility index (Phi) is 5.97.